The smallest absolute Gasteiger partial charge is 0.352 e. The zero-order chi connectivity index (χ0) is 22.3. The molecule has 1 aromatic carbocycles. The zero-order valence-corrected chi connectivity index (χ0v) is 17.5. The van der Waals surface area contributed by atoms with Crippen LogP contribution in [-0.2, 0) is 6.18 Å². The van der Waals surface area contributed by atoms with E-state index in [4.69, 9.17) is 11.6 Å². The maximum Gasteiger partial charge on any atom is 0.416 e. The van der Waals surface area contributed by atoms with E-state index in [9.17, 15) is 13.2 Å². The van der Waals surface area contributed by atoms with Gasteiger partial charge in [0.15, 0.2) is 0 Å². The Bertz CT molecular complexity index is 1250. The third kappa shape index (κ3) is 3.84. The SMILES string of the molecule is FC(F)(F)c1cc(-c2cccnc2)c2nc(N3CCN(c4ncccc4Cl)CC3)[nH]c2c1. The number of aromatic amines is 1. The fourth-order valence-corrected chi connectivity index (χ4v) is 4.14. The number of aromatic nitrogens is 4. The van der Waals surface area contributed by atoms with E-state index < -0.39 is 11.7 Å². The van der Waals surface area contributed by atoms with Gasteiger partial charge in [-0.05, 0) is 30.3 Å². The van der Waals surface area contributed by atoms with E-state index in [1.54, 1.807) is 42.9 Å². The van der Waals surface area contributed by atoms with Gasteiger partial charge >= 0.3 is 6.18 Å². The molecule has 0 saturated carbocycles. The van der Waals surface area contributed by atoms with Crippen LogP contribution in [0.3, 0.4) is 0 Å². The summed E-state index contributed by atoms with van der Waals surface area (Å²) in [4.78, 5) is 20.3. The number of hydrogen-bond acceptors (Lipinski definition) is 5. The average molecular weight is 459 g/mol. The molecule has 1 aliphatic rings. The number of pyridine rings is 2. The number of alkyl halides is 3. The topological polar surface area (TPSA) is 60.9 Å². The summed E-state index contributed by atoms with van der Waals surface area (Å²) in [6, 6.07) is 9.24. The van der Waals surface area contributed by atoms with Gasteiger partial charge in [0.2, 0.25) is 5.95 Å². The Balaban J connectivity index is 1.48. The summed E-state index contributed by atoms with van der Waals surface area (Å²) in [7, 11) is 0. The van der Waals surface area contributed by atoms with Gasteiger partial charge < -0.3 is 14.8 Å². The maximum atomic E-state index is 13.5. The van der Waals surface area contributed by atoms with Gasteiger partial charge in [-0.25, -0.2) is 9.97 Å². The summed E-state index contributed by atoms with van der Waals surface area (Å²) < 4.78 is 40.6. The number of H-pyrrole nitrogens is 1. The molecule has 1 fully saturated rings. The fraction of sp³-hybridized carbons (Fsp3) is 0.227. The number of anilines is 2. The maximum absolute atomic E-state index is 13.5. The molecule has 0 aliphatic carbocycles. The quantitative estimate of drug-likeness (QED) is 0.467. The third-order valence-electron chi connectivity index (χ3n) is 5.49. The number of piperazine rings is 1. The van der Waals surface area contributed by atoms with Crippen LogP contribution in [0.2, 0.25) is 5.02 Å². The van der Waals surface area contributed by atoms with E-state index in [0.29, 0.717) is 59.3 Å². The monoisotopic (exact) mass is 458 g/mol. The van der Waals surface area contributed by atoms with Gasteiger partial charge in [-0.15, -0.1) is 0 Å². The van der Waals surface area contributed by atoms with Crippen molar-refractivity contribution in [3.05, 3.63) is 65.6 Å². The van der Waals surface area contributed by atoms with Crippen LogP contribution in [-0.4, -0.2) is 46.1 Å². The van der Waals surface area contributed by atoms with E-state index in [2.05, 4.69) is 24.8 Å². The molecular formula is C22H18ClF3N6. The number of rotatable bonds is 3. The molecule has 0 amide bonds. The highest BCUT2D eigenvalue weighted by molar-refractivity contribution is 6.32. The second kappa shape index (κ2) is 7.98. The predicted octanol–water partition coefficient (Wildman–Crippen LogP) is 5.02. The molecular weight excluding hydrogens is 441 g/mol. The lowest BCUT2D eigenvalue weighted by Crippen LogP contribution is -2.47. The van der Waals surface area contributed by atoms with Crippen molar-refractivity contribution >= 4 is 34.4 Å². The molecule has 6 nitrogen and oxygen atoms in total. The minimum atomic E-state index is -4.47. The van der Waals surface area contributed by atoms with Crippen molar-refractivity contribution in [2.45, 2.75) is 6.18 Å². The second-order valence-electron chi connectivity index (χ2n) is 7.50. The number of imidazole rings is 1. The van der Waals surface area contributed by atoms with Crippen molar-refractivity contribution in [1.29, 1.82) is 0 Å². The number of fused-ring (bicyclic) bond motifs is 1. The molecule has 32 heavy (non-hydrogen) atoms. The lowest BCUT2D eigenvalue weighted by Gasteiger charge is -2.35. The van der Waals surface area contributed by atoms with E-state index in [1.165, 1.54) is 0 Å². The number of halogens is 4. The molecule has 1 saturated heterocycles. The van der Waals surface area contributed by atoms with Gasteiger partial charge in [0.1, 0.15) is 5.82 Å². The lowest BCUT2D eigenvalue weighted by atomic mass is 10.0. The summed E-state index contributed by atoms with van der Waals surface area (Å²) in [6.45, 7) is 2.58. The molecule has 0 atom stereocenters. The predicted molar refractivity (Wildman–Crippen MR) is 118 cm³/mol. The zero-order valence-electron chi connectivity index (χ0n) is 16.8. The molecule has 4 heterocycles. The first-order valence-corrected chi connectivity index (χ1v) is 10.4. The highest BCUT2D eigenvalue weighted by atomic mass is 35.5. The average Bonchev–Trinajstić information content (AvgIpc) is 3.23. The highest BCUT2D eigenvalue weighted by Gasteiger charge is 2.32. The van der Waals surface area contributed by atoms with E-state index in [1.807, 2.05) is 4.90 Å². The lowest BCUT2D eigenvalue weighted by molar-refractivity contribution is -0.137. The Morgan fingerprint density at radius 2 is 1.72 bits per heavy atom. The standard InChI is InChI=1S/C22H18ClF3N6/c23-17-4-2-6-28-20(17)31-7-9-32(10-8-31)21-29-18-12-15(22(24,25)26)11-16(19(18)30-21)14-3-1-5-27-13-14/h1-6,11-13H,7-10H2,(H,29,30). The fourth-order valence-electron chi connectivity index (χ4n) is 3.90. The van der Waals surface area contributed by atoms with E-state index in [-0.39, 0.29) is 0 Å². The number of nitrogens with one attached hydrogen (secondary N) is 1. The van der Waals surface area contributed by atoms with Gasteiger partial charge in [0.05, 0.1) is 21.6 Å². The molecule has 5 rings (SSSR count). The van der Waals surface area contributed by atoms with Crippen LogP contribution < -0.4 is 9.80 Å². The first-order valence-electron chi connectivity index (χ1n) is 10.0. The van der Waals surface area contributed by atoms with Gasteiger partial charge in [-0.2, -0.15) is 13.2 Å². The van der Waals surface area contributed by atoms with Crippen molar-refractivity contribution in [3.8, 4) is 11.1 Å². The van der Waals surface area contributed by atoms with Crippen LogP contribution in [0.1, 0.15) is 5.56 Å². The first-order chi connectivity index (χ1) is 15.4. The number of nitrogens with zero attached hydrogens (tertiary/aromatic N) is 5. The van der Waals surface area contributed by atoms with Crippen LogP contribution in [0, 0.1) is 0 Å². The van der Waals surface area contributed by atoms with Crippen molar-refractivity contribution < 1.29 is 13.2 Å². The largest absolute Gasteiger partial charge is 0.416 e. The summed E-state index contributed by atoms with van der Waals surface area (Å²) in [6.07, 6.45) is 0.352. The molecule has 1 N–H and O–H groups in total. The number of hydrogen-bond donors (Lipinski definition) is 1. The van der Waals surface area contributed by atoms with Crippen molar-refractivity contribution in [2.75, 3.05) is 36.0 Å². The number of benzene rings is 1. The minimum Gasteiger partial charge on any atom is -0.352 e. The second-order valence-corrected chi connectivity index (χ2v) is 7.91. The van der Waals surface area contributed by atoms with Crippen LogP contribution in [0.25, 0.3) is 22.2 Å². The van der Waals surface area contributed by atoms with Crippen molar-refractivity contribution in [3.63, 3.8) is 0 Å². The van der Waals surface area contributed by atoms with E-state index in [0.717, 1.165) is 18.0 Å². The summed E-state index contributed by atoms with van der Waals surface area (Å²) in [5, 5.41) is 0.588. The highest BCUT2D eigenvalue weighted by Crippen LogP contribution is 2.37. The first kappa shape index (κ1) is 20.6. The molecule has 3 aromatic heterocycles. The molecule has 4 aromatic rings. The van der Waals surface area contributed by atoms with Gasteiger partial charge in [0, 0.05) is 55.9 Å². The van der Waals surface area contributed by atoms with Gasteiger partial charge in [-0.1, -0.05) is 17.7 Å². The Hall–Kier alpha value is -3.33. The molecule has 164 valence electrons. The van der Waals surface area contributed by atoms with E-state index >= 15 is 0 Å². The Kier molecular flexibility index (Phi) is 5.13. The summed E-state index contributed by atoms with van der Waals surface area (Å²) >= 11 is 6.26. The van der Waals surface area contributed by atoms with Crippen LogP contribution in [0.5, 0.6) is 0 Å². The third-order valence-corrected chi connectivity index (χ3v) is 5.79. The van der Waals surface area contributed by atoms with Crippen molar-refractivity contribution in [1.82, 2.24) is 19.9 Å². The summed E-state index contributed by atoms with van der Waals surface area (Å²) in [5.74, 6) is 1.27. The van der Waals surface area contributed by atoms with Gasteiger partial charge in [0.25, 0.3) is 0 Å². The molecule has 0 radical (unpaired) electrons. The molecule has 0 bridgehead atoms. The molecule has 1 aliphatic heterocycles. The summed E-state index contributed by atoms with van der Waals surface area (Å²) in [5.41, 5.74) is 1.06. The van der Waals surface area contributed by atoms with Crippen LogP contribution in [0.15, 0.2) is 55.0 Å². The van der Waals surface area contributed by atoms with Gasteiger partial charge in [-0.3, -0.25) is 4.98 Å². The molecule has 0 unspecified atom stereocenters. The molecule has 0 spiro atoms. The molecule has 10 heteroatoms. The Labute approximate surface area is 186 Å². The van der Waals surface area contributed by atoms with Crippen LogP contribution >= 0.6 is 11.6 Å². The Morgan fingerprint density at radius 1 is 0.969 bits per heavy atom. The minimum absolute atomic E-state index is 0.337. The van der Waals surface area contributed by atoms with Crippen LogP contribution in [0.4, 0.5) is 24.9 Å². The van der Waals surface area contributed by atoms with Crippen molar-refractivity contribution in [2.24, 2.45) is 0 Å². The normalized spacial score (nSPS) is 14.9. The Morgan fingerprint density at radius 3 is 2.41 bits per heavy atom.